The Balaban J connectivity index is 1.95. The molecular weight excluding hydrogens is 524 g/mol. The molecule has 2 heterocycles. The van der Waals surface area contributed by atoms with Crippen LogP contribution in [0.25, 0.3) is 0 Å². The van der Waals surface area contributed by atoms with Gasteiger partial charge in [0.15, 0.2) is 6.04 Å². The number of hydrogen-bond donors (Lipinski definition) is 9. The van der Waals surface area contributed by atoms with E-state index in [0.717, 1.165) is 19.9 Å². The monoisotopic (exact) mass is 560 g/mol. The average Bonchev–Trinajstić information content (AvgIpc) is 3.59. The Kier molecular flexibility index (Phi) is 12.2. The molecule has 16 heteroatoms. The molecular formula is C22H36N6O9S. The minimum Gasteiger partial charge on any atom is -0.480 e. The Bertz CT molecular complexity index is 899. The van der Waals surface area contributed by atoms with Gasteiger partial charge in [-0.25, -0.2) is 4.79 Å². The first-order chi connectivity index (χ1) is 18.0. The normalized spacial score (nSPS) is 22.1. The molecule has 0 aromatic rings. The van der Waals surface area contributed by atoms with Crippen molar-refractivity contribution in [3.8, 4) is 0 Å². The van der Waals surface area contributed by atoms with Gasteiger partial charge in [-0.1, -0.05) is 0 Å². The van der Waals surface area contributed by atoms with Crippen LogP contribution in [0.5, 0.6) is 0 Å². The highest BCUT2D eigenvalue weighted by atomic mass is 32.1. The van der Waals surface area contributed by atoms with Crippen LogP contribution in [0.4, 0.5) is 0 Å². The number of carbonyl (C=O) groups excluding carboxylic acids is 5. The zero-order chi connectivity index (χ0) is 28.4. The van der Waals surface area contributed by atoms with Crippen molar-refractivity contribution in [1.82, 2.24) is 31.5 Å². The molecule has 2 aliphatic rings. The minimum absolute atomic E-state index is 0.0782. The van der Waals surface area contributed by atoms with Crippen molar-refractivity contribution in [2.75, 3.05) is 32.0 Å². The number of carbonyl (C=O) groups is 6. The van der Waals surface area contributed by atoms with Crippen LogP contribution < -0.4 is 26.6 Å². The Morgan fingerprint density at radius 2 is 1.74 bits per heavy atom. The van der Waals surface area contributed by atoms with Crippen LogP contribution in [0.2, 0.25) is 0 Å². The van der Waals surface area contributed by atoms with Gasteiger partial charge in [0.25, 0.3) is 0 Å². The minimum atomic E-state index is -1.66. The SMILES string of the molecule is C[C@@H](O)[C@H](NC(=O)[C@H](CO)NC(=O)[C@@H]1CCCN1C(=O)[C@H](CS)NC(=O)CNC(=O)[C@@H]1CCCN1)C(=O)O. The van der Waals surface area contributed by atoms with Crippen LogP contribution >= 0.6 is 12.6 Å². The Morgan fingerprint density at radius 3 is 2.29 bits per heavy atom. The van der Waals surface area contributed by atoms with Gasteiger partial charge in [0.2, 0.25) is 29.5 Å². The Hall–Kier alpha value is -2.95. The highest BCUT2D eigenvalue weighted by Gasteiger charge is 2.39. The van der Waals surface area contributed by atoms with Gasteiger partial charge < -0.3 is 46.8 Å². The molecule has 0 saturated carbocycles. The summed E-state index contributed by atoms with van der Waals surface area (Å²) >= 11 is 4.13. The van der Waals surface area contributed by atoms with Crippen LogP contribution in [-0.2, 0) is 28.8 Å². The molecule has 2 fully saturated rings. The van der Waals surface area contributed by atoms with E-state index in [1.165, 1.54) is 4.90 Å². The summed E-state index contributed by atoms with van der Waals surface area (Å²) in [6, 6.07) is -5.64. The van der Waals surface area contributed by atoms with Crippen LogP contribution in [0.1, 0.15) is 32.6 Å². The third kappa shape index (κ3) is 8.54. The lowest BCUT2D eigenvalue weighted by Crippen LogP contribution is -2.59. The number of amides is 5. The molecule has 38 heavy (non-hydrogen) atoms. The largest absolute Gasteiger partial charge is 0.480 e. The molecule has 0 aromatic carbocycles. The fourth-order valence-electron chi connectivity index (χ4n) is 4.24. The lowest BCUT2D eigenvalue weighted by molar-refractivity contribution is -0.146. The van der Waals surface area contributed by atoms with Gasteiger partial charge in [-0.3, -0.25) is 24.0 Å². The van der Waals surface area contributed by atoms with Crippen molar-refractivity contribution in [1.29, 1.82) is 0 Å². The summed E-state index contributed by atoms with van der Waals surface area (Å²) in [4.78, 5) is 75.3. The second kappa shape index (κ2) is 14.8. The van der Waals surface area contributed by atoms with E-state index in [2.05, 4.69) is 33.9 Å². The molecule has 5 amide bonds. The molecule has 0 unspecified atom stereocenters. The highest BCUT2D eigenvalue weighted by Crippen LogP contribution is 2.19. The number of carboxylic acids is 1. The summed E-state index contributed by atoms with van der Waals surface area (Å²) in [5.74, 6) is -4.86. The number of likely N-dealkylation sites (tertiary alicyclic amines) is 1. The van der Waals surface area contributed by atoms with Gasteiger partial charge >= 0.3 is 5.97 Å². The topological polar surface area (TPSA) is 226 Å². The van der Waals surface area contributed by atoms with Crippen molar-refractivity contribution in [3.63, 3.8) is 0 Å². The number of rotatable bonds is 13. The first-order valence-electron chi connectivity index (χ1n) is 12.3. The standard InChI is InChI=1S/C22H36N6O9S/c1-11(30)17(22(36)37)27-19(33)13(9-29)26-20(34)15-5-3-7-28(15)21(35)14(10-38)25-16(31)8-24-18(32)12-4-2-6-23-12/h11-15,17,23,29-30,38H,2-10H2,1H3,(H,24,32)(H,25,31)(H,26,34)(H,27,33)(H,36,37)/t11-,12+,13+,14+,15+,17+/m1/s1. The number of carboxylic acid groups (broad SMARTS) is 1. The van der Waals surface area contributed by atoms with E-state index in [0.29, 0.717) is 12.8 Å². The Labute approximate surface area is 224 Å². The average molecular weight is 561 g/mol. The zero-order valence-corrected chi connectivity index (χ0v) is 21.9. The second-order valence-electron chi connectivity index (χ2n) is 9.17. The first-order valence-corrected chi connectivity index (χ1v) is 13.0. The van der Waals surface area contributed by atoms with E-state index < -0.39 is 66.5 Å². The fourth-order valence-corrected chi connectivity index (χ4v) is 4.49. The third-order valence-corrected chi connectivity index (χ3v) is 6.68. The maximum atomic E-state index is 13.1. The van der Waals surface area contributed by atoms with Crippen molar-refractivity contribution in [2.24, 2.45) is 0 Å². The number of hydrogen-bond acceptors (Lipinski definition) is 10. The lowest BCUT2D eigenvalue weighted by atomic mass is 10.1. The number of nitrogens with zero attached hydrogens (tertiary/aromatic N) is 1. The maximum Gasteiger partial charge on any atom is 0.328 e. The van der Waals surface area contributed by atoms with E-state index in [1.807, 2.05) is 5.32 Å². The van der Waals surface area contributed by atoms with Gasteiger partial charge in [0.1, 0.15) is 18.1 Å². The van der Waals surface area contributed by atoms with Crippen LogP contribution in [-0.4, -0.2) is 124 Å². The molecule has 8 N–H and O–H groups in total. The molecule has 2 aliphatic heterocycles. The molecule has 6 atom stereocenters. The highest BCUT2D eigenvalue weighted by molar-refractivity contribution is 7.80. The molecule has 2 rings (SSSR count). The van der Waals surface area contributed by atoms with Gasteiger partial charge in [-0.05, 0) is 39.2 Å². The van der Waals surface area contributed by atoms with Gasteiger partial charge in [0.05, 0.1) is 25.3 Å². The summed E-state index contributed by atoms with van der Waals surface area (Å²) in [7, 11) is 0. The lowest BCUT2D eigenvalue weighted by Gasteiger charge is -2.29. The Morgan fingerprint density at radius 1 is 1.03 bits per heavy atom. The molecule has 0 aromatic heterocycles. The summed E-state index contributed by atoms with van der Waals surface area (Å²) in [5, 5.41) is 40.6. The molecule has 214 valence electrons. The van der Waals surface area contributed by atoms with Gasteiger partial charge in [-0.15, -0.1) is 0 Å². The van der Waals surface area contributed by atoms with Crippen molar-refractivity contribution < 1.29 is 44.1 Å². The van der Waals surface area contributed by atoms with E-state index >= 15 is 0 Å². The van der Waals surface area contributed by atoms with Gasteiger partial charge in [-0.2, -0.15) is 12.6 Å². The number of thiol groups is 1. The molecule has 0 spiro atoms. The van der Waals surface area contributed by atoms with Crippen molar-refractivity contribution in [3.05, 3.63) is 0 Å². The maximum absolute atomic E-state index is 13.1. The second-order valence-corrected chi connectivity index (χ2v) is 9.53. The molecule has 0 aliphatic carbocycles. The molecule has 0 bridgehead atoms. The number of nitrogens with one attached hydrogen (secondary N) is 5. The number of aliphatic hydroxyl groups is 2. The summed E-state index contributed by atoms with van der Waals surface area (Å²) in [6.07, 6.45) is 0.805. The van der Waals surface area contributed by atoms with Crippen LogP contribution in [0.3, 0.4) is 0 Å². The predicted molar refractivity (Wildman–Crippen MR) is 135 cm³/mol. The molecule has 15 nitrogen and oxygen atoms in total. The molecule has 0 radical (unpaired) electrons. The van der Waals surface area contributed by atoms with Crippen LogP contribution in [0, 0.1) is 0 Å². The van der Waals surface area contributed by atoms with Crippen molar-refractivity contribution >= 4 is 48.1 Å². The predicted octanol–water partition coefficient (Wildman–Crippen LogP) is -4.31. The zero-order valence-electron chi connectivity index (χ0n) is 21.0. The number of aliphatic hydroxyl groups excluding tert-OH is 2. The summed E-state index contributed by atoms with van der Waals surface area (Å²) in [6.45, 7) is 0.877. The van der Waals surface area contributed by atoms with E-state index in [1.54, 1.807) is 0 Å². The number of aliphatic carboxylic acids is 1. The van der Waals surface area contributed by atoms with Gasteiger partial charge in [0, 0.05) is 12.3 Å². The van der Waals surface area contributed by atoms with E-state index in [4.69, 9.17) is 5.11 Å². The van der Waals surface area contributed by atoms with E-state index in [-0.39, 0.29) is 37.2 Å². The summed E-state index contributed by atoms with van der Waals surface area (Å²) in [5.41, 5.74) is 0. The first kappa shape index (κ1) is 31.3. The third-order valence-electron chi connectivity index (χ3n) is 6.32. The molecule has 2 saturated heterocycles. The van der Waals surface area contributed by atoms with Crippen molar-refractivity contribution in [2.45, 2.75) is 68.9 Å². The fraction of sp³-hybridized carbons (Fsp3) is 0.727. The quantitative estimate of drug-likeness (QED) is 0.0985. The summed E-state index contributed by atoms with van der Waals surface area (Å²) < 4.78 is 0. The van der Waals surface area contributed by atoms with Crippen LogP contribution in [0.15, 0.2) is 0 Å². The van der Waals surface area contributed by atoms with E-state index in [9.17, 15) is 39.0 Å². The smallest absolute Gasteiger partial charge is 0.328 e.